The first-order chi connectivity index (χ1) is 12.0. The minimum absolute atomic E-state index is 0.0652. The maximum absolute atomic E-state index is 12.3. The fourth-order valence-electron chi connectivity index (χ4n) is 2.74. The van der Waals surface area contributed by atoms with Gasteiger partial charge in [-0.15, -0.1) is 0 Å². The van der Waals surface area contributed by atoms with Gasteiger partial charge in [0.05, 0.1) is 23.1 Å². The maximum Gasteiger partial charge on any atom is 0.241 e. The van der Waals surface area contributed by atoms with E-state index in [9.17, 15) is 4.79 Å². The quantitative estimate of drug-likeness (QED) is 0.750. The lowest BCUT2D eigenvalue weighted by atomic mass is 10.2. The number of rotatable bonds is 5. The van der Waals surface area contributed by atoms with Crippen LogP contribution in [0, 0.1) is 0 Å². The van der Waals surface area contributed by atoms with E-state index < -0.39 is 0 Å². The molecular formula is C16H18ClN7O. The van der Waals surface area contributed by atoms with Crippen LogP contribution in [0.2, 0.25) is 5.02 Å². The Morgan fingerprint density at radius 1 is 1.20 bits per heavy atom. The van der Waals surface area contributed by atoms with Crippen molar-refractivity contribution in [2.75, 3.05) is 0 Å². The van der Waals surface area contributed by atoms with E-state index >= 15 is 0 Å². The highest BCUT2D eigenvalue weighted by atomic mass is 35.5. The number of nitrogens with one attached hydrogen (secondary N) is 1. The number of carbonyl (C=O) groups is 1. The zero-order chi connectivity index (χ0) is 17.6. The largest absolute Gasteiger partial charge is 0.352 e. The minimum atomic E-state index is -0.0652. The van der Waals surface area contributed by atoms with Gasteiger partial charge in [-0.2, -0.15) is 15.3 Å². The fraction of sp³-hybridized carbons (Fsp3) is 0.375. The van der Waals surface area contributed by atoms with Gasteiger partial charge in [0.15, 0.2) is 0 Å². The SMILES string of the molecule is Cn1cc(-c2nn(CC(=O)NC3CC3)c(-c3cnn(C)c3)c2Cl)cn1. The summed E-state index contributed by atoms with van der Waals surface area (Å²) in [4.78, 5) is 12.3. The number of hydrogen-bond donors (Lipinski definition) is 1. The summed E-state index contributed by atoms with van der Waals surface area (Å²) in [5, 5.41) is 16.4. The van der Waals surface area contributed by atoms with Crippen LogP contribution in [0.25, 0.3) is 22.5 Å². The second-order valence-corrected chi connectivity index (χ2v) is 6.69. The number of nitrogens with zero attached hydrogens (tertiary/aromatic N) is 6. The molecule has 1 aliphatic carbocycles. The Morgan fingerprint density at radius 2 is 1.84 bits per heavy atom. The van der Waals surface area contributed by atoms with Gasteiger partial charge in [-0.25, -0.2) is 0 Å². The smallest absolute Gasteiger partial charge is 0.241 e. The molecule has 0 aromatic carbocycles. The topological polar surface area (TPSA) is 82.6 Å². The minimum Gasteiger partial charge on any atom is -0.352 e. The summed E-state index contributed by atoms with van der Waals surface area (Å²) < 4.78 is 5.02. The van der Waals surface area contributed by atoms with E-state index in [1.165, 1.54) is 0 Å². The van der Waals surface area contributed by atoms with Gasteiger partial charge in [-0.1, -0.05) is 11.6 Å². The molecule has 1 amide bonds. The van der Waals surface area contributed by atoms with E-state index in [1.807, 2.05) is 26.5 Å². The van der Waals surface area contributed by atoms with Crippen molar-refractivity contribution >= 4 is 17.5 Å². The van der Waals surface area contributed by atoms with Gasteiger partial charge in [0.2, 0.25) is 5.91 Å². The summed E-state index contributed by atoms with van der Waals surface area (Å²) in [6, 6.07) is 0.304. The molecule has 25 heavy (non-hydrogen) atoms. The van der Waals surface area contributed by atoms with Crippen LogP contribution in [0.5, 0.6) is 0 Å². The predicted molar refractivity (Wildman–Crippen MR) is 92.8 cm³/mol. The Morgan fingerprint density at radius 3 is 2.40 bits per heavy atom. The Bertz CT molecular complexity index is 934. The van der Waals surface area contributed by atoms with E-state index in [0.29, 0.717) is 22.5 Å². The van der Waals surface area contributed by atoms with Crippen LogP contribution in [0.3, 0.4) is 0 Å². The van der Waals surface area contributed by atoms with Crippen molar-refractivity contribution in [1.82, 2.24) is 34.7 Å². The lowest BCUT2D eigenvalue weighted by Crippen LogP contribution is -2.29. The molecule has 8 nitrogen and oxygen atoms in total. The van der Waals surface area contributed by atoms with E-state index in [1.54, 1.807) is 26.4 Å². The van der Waals surface area contributed by atoms with Gasteiger partial charge < -0.3 is 5.32 Å². The molecule has 1 aliphatic rings. The highest BCUT2D eigenvalue weighted by Crippen LogP contribution is 2.36. The first-order valence-corrected chi connectivity index (χ1v) is 8.43. The van der Waals surface area contributed by atoms with Crippen molar-refractivity contribution in [2.24, 2.45) is 14.1 Å². The lowest BCUT2D eigenvalue weighted by molar-refractivity contribution is -0.121. The standard InChI is InChI=1S/C16H18ClN7O/c1-22-7-10(5-18-22)15-14(17)16(11-6-19-23(2)8-11)24(21-15)9-13(25)20-12-3-4-12/h5-8,12H,3-4,9H2,1-2H3,(H,20,25). The van der Waals surface area contributed by atoms with E-state index in [-0.39, 0.29) is 12.5 Å². The molecule has 9 heteroatoms. The monoisotopic (exact) mass is 359 g/mol. The van der Waals surface area contributed by atoms with Crippen LogP contribution in [-0.4, -0.2) is 41.3 Å². The maximum atomic E-state index is 12.3. The zero-order valence-electron chi connectivity index (χ0n) is 14.0. The van der Waals surface area contributed by atoms with Gasteiger partial charge >= 0.3 is 0 Å². The van der Waals surface area contributed by atoms with Crippen molar-refractivity contribution in [3.8, 4) is 22.5 Å². The summed E-state index contributed by atoms with van der Waals surface area (Å²) in [5.41, 5.74) is 2.90. The number of amides is 1. The van der Waals surface area contributed by atoms with Gasteiger partial charge in [0.1, 0.15) is 12.2 Å². The van der Waals surface area contributed by atoms with Crippen LogP contribution >= 0.6 is 11.6 Å². The number of halogens is 1. The highest BCUT2D eigenvalue weighted by Gasteiger charge is 2.26. The van der Waals surface area contributed by atoms with Crippen molar-refractivity contribution in [2.45, 2.75) is 25.4 Å². The van der Waals surface area contributed by atoms with Gasteiger partial charge in [-0.3, -0.25) is 18.8 Å². The van der Waals surface area contributed by atoms with Gasteiger partial charge in [0, 0.05) is 43.7 Å². The molecule has 1 fully saturated rings. The normalized spacial score (nSPS) is 14.0. The number of aromatic nitrogens is 6. The van der Waals surface area contributed by atoms with E-state index in [4.69, 9.17) is 11.6 Å². The zero-order valence-corrected chi connectivity index (χ0v) is 14.7. The Kier molecular flexibility index (Phi) is 3.84. The molecule has 3 aromatic rings. The first kappa shape index (κ1) is 15.9. The van der Waals surface area contributed by atoms with Crippen LogP contribution in [0.1, 0.15) is 12.8 Å². The van der Waals surface area contributed by atoms with Crippen LogP contribution in [-0.2, 0) is 25.4 Å². The molecule has 3 heterocycles. The van der Waals surface area contributed by atoms with Crippen LogP contribution in [0.4, 0.5) is 0 Å². The predicted octanol–water partition coefficient (Wildman–Crippen LogP) is 1.62. The summed E-state index contributed by atoms with van der Waals surface area (Å²) in [7, 11) is 3.67. The van der Waals surface area contributed by atoms with E-state index in [2.05, 4.69) is 20.6 Å². The second kappa shape index (κ2) is 6.03. The molecule has 0 unspecified atom stereocenters. The average molecular weight is 360 g/mol. The van der Waals surface area contributed by atoms with Gasteiger partial charge in [0.25, 0.3) is 0 Å². The molecule has 0 saturated heterocycles. The number of hydrogen-bond acceptors (Lipinski definition) is 4. The summed E-state index contributed by atoms with van der Waals surface area (Å²) in [5.74, 6) is -0.0652. The van der Waals surface area contributed by atoms with Crippen molar-refractivity contribution in [3.63, 3.8) is 0 Å². The summed E-state index contributed by atoms with van der Waals surface area (Å²) >= 11 is 6.63. The second-order valence-electron chi connectivity index (χ2n) is 6.32. The third-order valence-electron chi connectivity index (χ3n) is 4.09. The molecular weight excluding hydrogens is 342 g/mol. The molecule has 1 N–H and O–H groups in total. The lowest BCUT2D eigenvalue weighted by Gasteiger charge is -2.07. The summed E-state index contributed by atoms with van der Waals surface area (Å²) in [6.07, 6.45) is 9.20. The molecule has 0 bridgehead atoms. The molecule has 4 rings (SSSR count). The van der Waals surface area contributed by atoms with Crippen molar-refractivity contribution in [3.05, 3.63) is 29.8 Å². The molecule has 3 aromatic heterocycles. The Labute approximate surface area is 149 Å². The molecule has 130 valence electrons. The highest BCUT2D eigenvalue weighted by molar-refractivity contribution is 6.35. The fourth-order valence-corrected chi connectivity index (χ4v) is 3.09. The van der Waals surface area contributed by atoms with Crippen LogP contribution < -0.4 is 5.32 Å². The average Bonchev–Trinajstić information content (AvgIpc) is 2.94. The molecule has 1 saturated carbocycles. The first-order valence-electron chi connectivity index (χ1n) is 8.05. The summed E-state index contributed by atoms with van der Waals surface area (Å²) in [6.45, 7) is 0.112. The third kappa shape index (κ3) is 3.17. The van der Waals surface area contributed by atoms with Gasteiger partial charge in [-0.05, 0) is 12.8 Å². The number of carbonyl (C=O) groups excluding carboxylic acids is 1. The Hall–Kier alpha value is -2.61. The Balaban J connectivity index is 1.75. The third-order valence-corrected chi connectivity index (χ3v) is 4.45. The molecule has 0 radical (unpaired) electrons. The van der Waals surface area contributed by atoms with Crippen molar-refractivity contribution in [1.29, 1.82) is 0 Å². The molecule has 0 aliphatic heterocycles. The molecule has 0 spiro atoms. The van der Waals surface area contributed by atoms with Crippen LogP contribution in [0.15, 0.2) is 24.8 Å². The van der Waals surface area contributed by atoms with E-state index in [0.717, 1.165) is 24.0 Å². The molecule has 0 atom stereocenters. The number of aryl methyl sites for hydroxylation is 2. The van der Waals surface area contributed by atoms with Crippen molar-refractivity contribution < 1.29 is 4.79 Å².